The summed E-state index contributed by atoms with van der Waals surface area (Å²) in [6, 6.07) is 0. The largest absolute Gasteiger partial charge is 0.459 e. The van der Waals surface area contributed by atoms with Crippen LogP contribution in [0.2, 0.25) is 0 Å². The van der Waals surface area contributed by atoms with E-state index < -0.39 is 161 Å². The minimum Gasteiger partial charge on any atom is -0.459 e. The quantitative estimate of drug-likeness (QED) is 0.0572. The lowest BCUT2D eigenvalue weighted by molar-refractivity contribution is -0.414. The number of esters is 2. The maximum absolute atomic E-state index is 12.4. The summed E-state index contributed by atoms with van der Waals surface area (Å²) in [5, 5.41) is 127. The summed E-state index contributed by atoms with van der Waals surface area (Å²) >= 11 is 0. The van der Waals surface area contributed by atoms with Gasteiger partial charge in [-0.25, -0.2) is 9.59 Å². The topological polar surface area (TPSA) is 360 Å². The van der Waals surface area contributed by atoms with E-state index in [1.165, 1.54) is 26.0 Å². The molecule has 57 heavy (non-hydrogen) atoms. The van der Waals surface area contributed by atoms with Crippen LogP contribution < -0.4 is 0 Å². The van der Waals surface area contributed by atoms with Gasteiger partial charge in [-0.3, -0.25) is 0 Å². The highest BCUT2D eigenvalue weighted by Gasteiger charge is 2.56. The Balaban J connectivity index is 1.71. The van der Waals surface area contributed by atoms with Crippen molar-refractivity contribution in [3.63, 3.8) is 0 Å². The molecule has 23 nitrogen and oxygen atoms in total. The molecular weight excluding hydrogens is 776 g/mol. The van der Waals surface area contributed by atoms with E-state index in [4.69, 9.17) is 42.6 Å². The van der Waals surface area contributed by atoms with Gasteiger partial charge in [-0.05, 0) is 27.7 Å². The fourth-order valence-corrected chi connectivity index (χ4v) is 6.18. The predicted octanol–water partition coefficient (Wildman–Crippen LogP) is -6.71. The maximum Gasteiger partial charge on any atom is 0.333 e. The van der Waals surface area contributed by atoms with Gasteiger partial charge in [0.1, 0.15) is 111 Å². The number of allylic oxidation sites excluding steroid dienone is 2. The molecule has 0 aromatic rings. The fourth-order valence-electron chi connectivity index (χ4n) is 6.18. The highest BCUT2D eigenvalue weighted by molar-refractivity contribution is 5.88. The van der Waals surface area contributed by atoms with Crippen LogP contribution in [-0.2, 0) is 52.2 Å². The third-order valence-corrected chi connectivity index (χ3v) is 10.1. The summed E-state index contributed by atoms with van der Waals surface area (Å²) < 4.78 is 50.5. The molecule has 20 atom stereocenters. The molecule has 4 aliphatic rings. The van der Waals surface area contributed by atoms with Gasteiger partial charge in [-0.2, -0.15) is 0 Å². The lowest BCUT2D eigenvalue weighted by Gasteiger charge is -2.49. The molecule has 4 heterocycles. The van der Waals surface area contributed by atoms with Crippen molar-refractivity contribution in [1.82, 2.24) is 0 Å². The molecule has 0 aromatic carbocycles. The monoisotopic (exact) mass is 830 g/mol. The average molecular weight is 831 g/mol. The van der Waals surface area contributed by atoms with Crippen molar-refractivity contribution in [2.45, 2.75) is 151 Å². The van der Waals surface area contributed by atoms with Gasteiger partial charge in [-0.1, -0.05) is 12.2 Å². The lowest BCUT2D eigenvalue weighted by Crippen LogP contribution is -2.67. The van der Waals surface area contributed by atoms with Crippen molar-refractivity contribution in [2.24, 2.45) is 0 Å². The molecule has 0 amide bonds. The molecule has 4 saturated heterocycles. The second-order valence-electron chi connectivity index (χ2n) is 13.9. The molecule has 0 spiro atoms. The van der Waals surface area contributed by atoms with Gasteiger partial charge in [0.25, 0.3) is 0 Å². The van der Waals surface area contributed by atoms with Crippen LogP contribution in [0.25, 0.3) is 0 Å². The average Bonchev–Trinajstić information content (AvgIpc) is 3.20. The van der Waals surface area contributed by atoms with Gasteiger partial charge in [0, 0.05) is 11.1 Å². The Labute approximate surface area is 325 Å². The molecule has 0 radical (unpaired) electrons. The standard InChI is InChI=1S/C34H54O23/c1-5-11(3)29(47)49-9-15-19(39)23(43)27(55-31-25(45)21(41)17(37)13(7-35)51-31)33(53-15)57-34-28(56-32-26(46)22(42)18(38)14(8-36)52-32)24(44)20(40)16(54-34)10-50-30(48)12(4)6-2/h5-6,13-28,31-46H,7-10H2,1-4H3/b11-5+,12-6+/t13-,14-,15-,16-,17-,18-,19-,20-,21+,22+,23+,24+,25-,26-,27-,28-,31+,32+,33-,34?/m1/s1. The zero-order valence-electron chi connectivity index (χ0n) is 31.4. The Morgan fingerprint density at radius 1 is 0.456 bits per heavy atom. The van der Waals surface area contributed by atoms with Crippen molar-refractivity contribution in [1.29, 1.82) is 0 Å². The van der Waals surface area contributed by atoms with Crippen LogP contribution in [0.5, 0.6) is 0 Å². The zero-order valence-corrected chi connectivity index (χ0v) is 31.4. The molecule has 0 aliphatic carbocycles. The number of hydrogen-bond acceptors (Lipinski definition) is 23. The maximum atomic E-state index is 12.4. The number of aliphatic hydroxyl groups is 12. The summed E-state index contributed by atoms with van der Waals surface area (Å²) in [4.78, 5) is 24.9. The highest BCUT2D eigenvalue weighted by Crippen LogP contribution is 2.35. The van der Waals surface area contributed by atoms with Crippen molar-refractivity contribution in [2.75, 3.05) is 26.4 Å². The summed E-state index contributed by atoms with van der Waals surface area (Å²) in [5.74, 6) is -1.66. The number of aliphatic hydroxyl groups excluding tert-OH is 12. The van der Waals surface area contributed by atoms with Crippen LogP contribution in [-0.4, -0.2) is 222 Å². The normalized spacial score (nSPS) is 44.7. The molecule has 4 fully saturated rings. The molecule has 1 unspecified atom stereocenters. The van der Waals surface area contributed by atoms with E-state index in [-0.39, 0.29) is 11.1 Å². The molecule has 4 rings (SSSR count). The number of rotatable bonds is 14. The number of carbonyl (C=O) groups excluding carboxylic acids is 2. The van der Waals surface area contributed by atoms with Crippen LogP contribution >= 0.6 is 0 Å². The molecule has 328 valence electrons. The third kappa shape index (κ3) is 10.7. The van der Waals surface area contributed by atoms with Crippen LogP contribution in [0.15, 0.2) is 23.3 Å². The molecule has 0 saturated carbocycles. The van der Waals surface area contributed by atoms with E-state index in [2.05, 4.69) is 0 Å². The second kappa shape index (κ2) is 20.8. The van der Waals surface area contributed by atoms with Gasteiger partial charge < -0.3 is 104 Å². The van der Waals surface area contributed by atoms with E-state index in [1.54, 1.807) is 13.8 Å². The smallest absolute Gasteiger partial charge is 0.333 e. The van der Waals surface area contributed by atoms with E-state index >= 15 is 0 Å². The number of carbonyl (C=O) groups is 2. The van der Waals surface area contributed by atoms with E-state index in [1.807, 2.05) is 0 Å². The van der Waals surface area contributed by atoms with Crippen LogP contribution in [0.4, 0.5) is 0 Å². The molecular formula is C34H54O23. The Morgan fingerprint density at radius 3 is 1.09 bits per heavy atom. The van der Waals surface area contributed by atoms with E-state index in [0.717, 1.165) is 0 Å². The summed E-state index contributed by atoms with van der Waals surface area (Å²) in [5.41, 5.74) is 0.343. The molecule has 23 heteroatoms. The van der Waals surface area contributed by atoms with Crippen molar-refractivity contribution >= 4 is 11.9 Å². The highest BCUT2D eigenvalue weighted by atomic mass is 16.8. The first-order valence-corrected chi connectivity index (χ1v) is 18.1. The molecule has 0 aromatic heterocycles. The van der Waals surface area contributed by atoms with Crippen molar-refractivity contribution in [3.8, 4) is 0 Å². The fraction of sp³-hybridized carbons (Fsp3) is 0.824. The summed E-state index contributed by atoms with van der Waals surface area (Å²) in [7, 11) is 0. The van der Waals surface area contributed by atoms with Crippen LogP contribution in [0.1, 0.15) is 27.7 Å². The zero-order chi connectivity index (χ0) is 42.5. The van der Waals surface area contributed by atoms with Crippen molar-refractivity contribution < 1.29 is 113 Å². The van der Waals surface area contributed by atoms with Gasteiger partial charge >= 0.3 is 11.9 Å². The third-order valence-electron chi connectivity index (χ3n) is 10.1. The SMILES string of the molecule is C/C=C(\C)C(=O)OC[C@H]1O[C@H](OC2O[C@H](COC(=O)/C(C)=C/C)[C@@H](O)[C@H](O)[C@H]2O[C@@H]2O[C@H](CO)[C@@H](O)[C@H](O)[C@H]2O)[C@H](O[C@@H]2O[C@H](CO)[C@@H](O)[C@H](O)[C@H]2O)[C@@H](O)[C@@H]1O. The van der Waals surface area contributed by atoms with E-state index in [9.17, 15) is 70.9 Å². The van der Waals surface area contributed by atoms with E-state index in [0.29, 0.717) is 0 Å². The first-order valence-electron chi connectivity index (χ1n) is 18.1. The number of hydrogen-bond donors (Lipinski definition) is 12. The van der Waals surface area contributed by atoms with Gasteiger partial charge in [0.2, 0.25) is 0 Å². The second-order valence-corrected chi connectivity index (χ2v) is 13.9. The van der Waals surface area contributed by atoms with Crippen LogP contribution in [0.3, 0.4) is 0 Å². The first-order chi connectivity index (χ1) is 26.9. The van der Waals surface area contributed by atoms with Crippen LogP contribution in [0, 0.1) is 0 Å². The number of ether oxygens (including phenoxy) is 9. The Hall–Kier alpha value is -2.34. The Bertz CT molecular complexity index is 1280. The molecule has 12 N–H and O–H groups in total. The Kier molecular flexibility index (Phi) is 17.2. The molecule has 0 bridgehead atoms. The van der Waals surface area contributed by atoms with Gasteiger partial charge in [-0.15, -0.1) is 0 Å². The first kappa shape index (κ1) is 47.3. The summed E-state index contributed by atoms with van der Waals surface area (Å²) in [6.45, 7) is 2.83. The van der Waals surface area contributed by atoms with Crippen molar-refractivity contribution in [3.05, 3.63) is 23.3 Å². The van der Waals surface area contributed by atoms with Gasteiger partial charge in [0.05, 0.1) is 13.2 Å². The minimum atomic E-state index is -2.09. The Morgan fingerprint density at radius 2 is 0.772 bits per heavy atom. The lowest BCUT2D eigenvalue weighted by atomic mass is 9.96. The molecule has 4 aliphatic heterocycles. The predicted molar refractivity (Wildman–Crippen MR) is 180 cm³/mol. The van der Waals surface area contributed by atoms with Gasteiger partial charge in [0.15, 0.2) is 25.2 Å². The summed E-state index contributed by atoms with van der Waals surface area (Å²) in [6.07, 6.45) is -35.0. The minimum absolute atomic E-state index is 0.171.